The van der Waals surface area contributed by atoms with Gasteiger partial charge in [-0.3, -0.25) is 0 Å². The first-order chi connectivity index (χ1) is 8.27. The zero-order chi connectivity index (χ0) is 12.1. The summed E-state index contributed by atoms with van der Waals surface area (Å²) in [6.45, 7) is 2.97. The van der Waals surface area contributed by atoms with Gasteiger partial charge in [0.15, 0.2) is 0 Å². The van der Waals surface area contributed by atoms with Crippen molar-refractivity contribution in [2.75, 3.05) is 0 Å². The van der Waals surface area contributed by atoms with Gasteiger partial charge in [0.2, 0.25) is 0 Å². The van der Waals surface area contributed by atoms with Gasteiger partial charge >= 0.3 is 0 Å². The first kappa shape index (κ1) is 11.9. The molecule has 0 saturated carbocycles. The number of hydrogen-bond acceptors (Lipinski definition) is 2. The number of aryl methyl sites for hydroxylation is 2. The van der Waals surface area contributed by atoms with Crippen LogP contribution in [-0.4, -0.2) is 9.55 Å². The molecule has 0 saturated heterocycles. The van der Waals surface area contributed by atoms with Gasteiger partial charge < -0.3 is 10.3 Å². The first-order valence-electron chi connectivity index (χ1n) is 6.07. The van der Waals surface area contributed by atoms with E-state index in [4.69, 9.17) is 5.73 Å². The number of benzene rings is 1. The molecule has 17 heavy (non-hydrogen) atoms. The van der Waals surface area contributed by atoms with E-state index in [0.717, 1.165) is 25.1 Å². The molecule has 1 unspecified atom stereocenters. The molecular formula is C14H19N3. The topological polar surface area (TPSA) is 43.8 Å². The van der Waals surface area contributed by atoms with Gasteiger partial charge in [-0.05, 0) is 25.3 Å². The quantitative estimate of drug-likeness (QED) is 0.856. The van der Waals surface area contributed by atoms with Crippen LogP contribution in [0.25, 0.3) is 0 Å². The molecule has 1 heterocycles. The average molecular weight is 229 g/mol. The lowest BCUT2D eigenvalue weighted by atomic mass is 10.1. The van der Waals surface area contributed by atoms with E-state index in [2.05, 4.69) is 33.8 Å². The molecule has 0 radical (unpaired) electrons. The van der Waals surface area contributed by atoms with Crippen LogP contribution < -0.4 is 5.73 Å². The van der Waals surface area contributed by atoms with Crippen molar-refractivity contribution < 1.29 is 0 Å². The molecule has 0 amide bonds. The van der Waals surface area contributed by atoms with E-state index in [1.807, 2.05) is 25.5 Å². The lowest BCUT2D eigenvalue weighted by Crippen LogP contribution is -2.12. The summed E-state index contributed by atoms with van der Waals surface area (Å²) in [6.07, 6.45) is 5.92. The number of aromatic nitrogens is 2. The number of hydrogen-bond donors (Lipinski definition) is 1. The van der Waals surface area contributed by atoms with E-state index in [9.17, 15) is 0 Å². The molecule has 0 aliphatic rings. The van der Waals surface area contributed by atoms with E-state index < -0.39 is 0 Å². The molecule has 0 fully saturated rings. The molecule has 0 bridgehead atoms. The highest BCUT2D eigenvalue weighted by Crippen LogP contribution is 2.10. The molecule has 2 rings (SSSR count). The smallest absolute Gasteiger partial charge is 0.0948 e. The molecule has 2 aromatic rings. The van der Waals surface area contributed by atoms with Crippen LogP contribution in [0.3, 0.4) is 0 Å². The summed E-state index contributed by atoms with van der Waals surface area (Å²) in [4.78, 5) is 4.15. The fourth-order valence-electron chi connectivity index (χ4n) is 2.00. The van der Waals surface area contributed by atoms with Gasteiger partial charge in [0, 0.05) is 18.8 Å². The van der Waals surface area contributed by atoms with Crippen molar-refractivity contribution in [2.24, 2.45) is 5.73 Å². The van der Waals surface area contributed by atoms with E-state index in [1.165, 1.54) is 5.56 Å². The predicted octanol–water partition coefficient (Wildman–Crippen LogP) is 2.54. The Hall–Kier alpha value is -1.61. The molecule has 3 heteroatoms. The molecule has 90 valence electrons. The molecule has 0 spiro atoms. The fourth-order valence-corrected chi connectivity index (χ4v) is 2.00. The Kier molecular flexibility index (Phi) is 3.94. The molecule has 0 aliphatic carbocycles. The first-order valence-corrected chi connectivity index (χ1v) is 6.07. The summed E-state index contributed by atoms with van der Waals surface area (Å²) in [5, 5.41) is 0. The highest BCUT2D eigenvalue weighted by atomic mass is 15.1. The predicted molar refractivity (Wildman–Crippen MR) is 69.6 cm³/mol. The number of imidazole rings is 1. The third-order valence-electron chi connectivity index (χ3n) is 2.92. The Morgan fingerprint density at radius 2 is 2.06 bits per heavy atom. The normalized spacial score (nSPS) is 12.6. The van der Waals surface area contributed by atoms with Crippen LogP contribution in [0.2, 0.25) is 0 Å². The van der Waals surface area contributed by atoms with Gasteiger partial charge in [0.05, 0.1) is 12.0 Å². The van der Waals surface area contributed by atoms with Crippen molar-refractivity contribution in [2.45, 2.75) is 32.4 Å². The molecule has 1 aromatic carbocycles. The number of nitrogens with two attached hydrogens (primary N) is 1. The van der Waals surface area contributed by atoms with Crippen LogP contribution in [0.5, 0.6) is 0 Å². The lowest BCUT2D eigenvalue weighted by molar-refractivity contribution is 0.592. The van der Waals surface area contributed by atoms with E-state index >= 15 is 0 Å². The summed E-state index contributed by atoms with van der Waals surface area (Å²) in [7, 11) is 0. The molecule has 3 nitrogen and oxygen atoms in total. The monoisotopic (exact) mass is 229 g/mol. The third kappa shape index (κ3) is 3.17. The second-order valence-corrected chi connectivity index (χ2v) is 4.39. The molecule has 1 atom stereocenters. The van der Waals surface area contributed by atoms with Gasteiger partial charge in [-0.2, -0.15) is 0 Å². The lowest BCUT2D eigenvalue weighted by Gasteiger charge is -2.10. The molecule has 2 N–H and O–H groups in total. The second kappa shape index (κ2) is 5.64. The summed E-state index contributed by atoms with van der Waals surface area (Å²) in [5.41, 5.74) is 8.37. The van der Waals surface area contributed by atoms with Crippen molar-refractivity contribution in [1.82, 2.24) is 9.55 Å². The Labute approximate surface area is 102 Å². The van der Waals surface area contributed by atoms with E-state index in [-0.39, 0.29) is 6.04 Å². The van der Waals surface area contributed by atoms with Crippen molar-refractivity contribution in [1.29, 1.82) is 0 Å². The van der Waals surface area contributed by atoms with Gasteiger partial charge in [-0.15, -0.1) is 0 Å². The van der Waals surface area contributed by atoms with Crippen LogP contribution in [0.15, 0.2) is 42.9 Å². The Morgan fingerprint density at radius 3 is 2.76 bits per heavy atom. The summed E-state index contributed by atoms with van der Waals surface area (Å²) >= 11 is 0. The van der Waals surface area contributed by atoms with Crippen LogP contribution in [-0.2, 0) is 13.0 Å². The Bertz CT molecular complexity index is 446. The molecular weight excluding hydrogens is 210 g/mol. The van der Waals surface area contributed by atoms with Crippen LogP contribution in [0.1, 0.15) is 30.6 Å². The summed E-state index contributed by atoms with van der Waals surface area (Å²) in [6, 6.07) is 10.6. The highest BCUT2D eigenvalue weighted by Gasteiger charge is 2.05. The Balaban J connectivity index is 1.88. The van der Waals surface area contributed by atoms with Crippen LogP contribution in [0.4, 0.5) is 0 Å². The minimum atomic E-state index is 0.0502. The molecule has 1 aromatic heterocycles. The van der Waals surface area contributed by atoms with Crippen LogP contribution in [0, 0.1) is 0 Å². The van der Waals surface area contributed by atoms with Gasteiger partial charge in [0.25, 0.3) is 0 Å². The Morgan fingerprint density at radius 1 is 1.29 bits per heavy atom. The van der Waals surface area contributed by atoms with Gasteiger partial charge in [-0.25, -0.2) is 4.98 Å². The standard InChI is InChI=1S/C14H19N3/c1-12(15)14-10-16-11-17(14)9-5-8-13-6-3-2-4-7-13/h2-4,6-7,10-12H,5,8-9,15H2,1H3. The van der Waals surface area contributed by atoms with Gasteiger partial charge in [-0.1, -0.05) is 30.3 Å². The maximum Gasteiger partial charge on any atom is 0.0948 e. The van der Waals surface area contributed by atoms with Crippen molar-refractivity contribution in [3.8, 4) is 0 Å². The average Bonchev–Trinajstić information content (AvgIpc) is 2.79. The zero-order valence-electron chi connectivity index (χ0n) is 10.2. The molecule has 0 aliphatic heterocycles. The second-order valence-electron chi connectivity index (χ2n) is 4.39. The summed E-state index contributed by atoms with van der Waals surface area (Å²) in [5.74, 6) is 0. The number of nitrogens with zero attached hydrogens (tertiary/aromatic N) is 2. The third-order valence-corrected chi connectivity index (χ3v) is 2.92. The van der Waals surface area contributed by atoms with Crippen molar-refractivity contribution >= 4 is 0 Å². The van der Waals surface area contributed by atoms with Crippen molar-refractivity contribution in [3.63, 3.8) is 0 Å². The summed E-state index contributed by atoms with van der Waals surface area (Å²) < 4.78 is 2.15. The fraction of sp³-hybridized carbons (Fsp3) is 0.357. The number of rotatable bonds is 5. The maximum absolute atomic E-state index is 5.88. The van der Waals surface area contributed by atoms with Crippen LogP contribution >= 0.6 is 0 Å². The minimum Gasteiger partial charge on any atom is -0.333 e. The largest absolute Gasteiger partial charge is 0.333 e. The van der Waals surface area contributed by atoms with E-state index in [0.29, 0.717) is 0 Å². The SMILES string of the molecule is CC(N)c1cncn1CCCc1ccccc1. The minimum absolute atomic E-state index is 0.0502. The van der Waals surface area contributed by atoms with Gasteiger partial charge in [0.1, 0.15) is 0 Å². The van der Waals surface area contributed by atoms with E-state index in [1.54, 1.807) is 0 Å². The highest BCUT2D eigenvalue weighted by molar-refractivity contribution is 5.14. The maximum atomic E-state index is 5.88. The van der Waals surface area contributed by atoms with Crippen molar-refractivity contribution in [3.05, 3.63) is 54.1 Å². The zero-order valence-corrected chi connectivity index (χ0v) is 10.2.